The Morgan fingerprint density at radius 1 is 1.00 bits per heavy atom. The normalized spacial score (nSPS) is 13.8. The molecule has 1 aliphatic heterocycles. The Bertz CT molecular complexity index is 775. The number of ether oxygens (including phenoxy) is 1. The van der Waals surface area contributed by atoms with Crippen LogP contribution in [-0.4, -0.2) is 43.8 Å². The second kappa shape index (κ2) is 8.46. The SMILES string of the molecule is O=C(OCC#Cc1ccccc1)N1CCN(c2ccccc2Cl)CC1. The van der Waals surface area contributed by atoms with Crippen molar-refractivity contribution in [3.63, 3.8) is 0 Å². The van der Waals surface area contributed by atoms with E-state index in [2.05, 4.69) is 16.7 Å². The van der Waals surface area contributed by atoms with Crippen molar-refractivity contribution in [3.05, 3.63) is 65.2 Å². The van der Waals surface area contributed by atoms with Crippen molar-refractivity contribution in [1.29, 1.82) is 0 Å². The van der Waals surface area contributed by atoms with E-state index in [-0.39, 0.29) is 12.7 Å². The van der Waals surface area contributed by atoms with Crippen LogP contribution in [0.5, 0.6) is 0 Å². The number of rotatable bonds is 2. The fraction of sp³-hybridized carbons (Fsp3) is 0.250. The van der Waals surface area contributed by atoms with Crippen molar-refractivity contribution in [2.45, 2.75) is 0 Å². The average molecular weight is 355 g/mol. The van der Waals surface area contributed by atoms with Gasteiger partial charge in [0.05, 0.1) is 10.7 Å². The van der Waals surface area contributed by atoms with E-state index < -0.39 is 0 Å². The molecule has 1 saturated heterocycles. The van der Waals surface area contributed by atoms with Gasteiger partial charge in [-0.1, -0.05) is 53.8 Å². The smallest absolute Gasteiger partial charge is 0.410 e. The Balaban J connectivity index is 1.46. The molecule has 0 spiro atoms. The summed E-state index contributed by atoms with van der Waals surface area (Å²) in [6.07, 6.45) is -0.318. The number of amides is 1. The standard InChI is InChI=1S/C20H19ClN2O2/c21-18-10-4-5-11-19(18)22-12-14-23(15-13-22)20(24)25-16-6-9-17-7-2-1-3-8-17/h1-5,7-8,10-11H,12-16H2. The molecule has 1 aliphatic rings. The number of hydrogen-bond acceptors (Lipinski definition) is 3. The van der Waals surface area contributed by atoms with Gasteiger partial charge in [-0.2, -0.15) is 0 Å². The van der Waals surface area contributed by atoms with Gasteiger partial charge in [-0.15, -0.1) is 0 Å². The number of carbonyl (C=O) groups is 1. The fourth-order valence-corrected chi connectivity index (χ4v) is 2.94. The quantitative estimate of drug-likeness (QED) is 0.772. The predicted octanol–water partition coefficient (Wildman–Crippen LogP) is 3.65. The monoisotopic (exact) mass is 354 g/mol. The van der Waals surface area contributed by atoms with Gasteiger partial charge in [-0.3, -0.25) is 0 Å². The maximum absolute atomic E-state index is 12.1. The summed E-state index contributed by atoms with van der Waals surface area (Å²) >= 11 is 6.23. The van der Waals surface area contributed by atoms with Crippen LogP contribution >= 0.6 is 11.6 Å². The van der Waals surface area contributed by atoms with E-state index in [1.165, 1.54) is 0 Å². The van der Waals surface area contributed by atoms with Crippen molar-refractivity contribution in [2.75, 3.05) is 37.7 Å². The Morgan fingerprint density at radius 3 is 2.40 bits per heavy atom. The number of para-hydroxylation sites is 1. The molecule has 1 fully saturated rings. The second-order valence-corrected chi connectivity index (χ2v) is 6.06. The largest absolute Gasteiger partial charge is 0.436 e. The van der Waals surface area contributed by atoms with Gasteiger partial charge >= 0.3 is 6.09 Å². The van der Waals surface area contributed by atoms with Crippen LogP contribution in [0, 0.1) is 11.8 Å². The van der Waals surface area contributed by atoms with Gasteiger partial charge in [0, 0.05) is 31.7 Å². The first kappa shape index (κ1) is 17.2. The molecule has 0 atom stereocenters. The Labute approximate surface area is 152 Å². The summed E-state index contributed by atoms with van der Waals surface area (Å²) in [5, 5.41) is 0.731. The lowest BCUT2D eigenvalue weighted by Crippen LogP contribution is -2.49. The van der Waals surface area contributed by atoms with Gasteiger partial charge in [0.2, 0.25) is 0 Å². The third-order valence-electron chi connectivity index (χ3n) is 4.01. The molecule has 0 saturated carbocycles. The van der Waals surface area contributed by atoms with Crippen molar-refractivity contribution in [3.8, 4) is 11.8 Å². The van der Waals surface area contributed by atoms with Crippen molar-refractivity contribution >= 4 is 23.4 Å². The lowest BCUT2D eigenvalue weighted by atomic mass is 10.2. The van der Waals surface area contributed by atoms with E-state index >= 15 is 0 Å². The van der Waals surface area contributed by atoms with Gasteiger partial charge < -0.3 is 14.5 Å². The number of halogens is 1. The molecule has 2 aromatic rings. The molecule has 2 aromatic carbocycles. The molecule has 0 N–H and O–H groups in total. The molecule has 5 heteroatoms. The number of hydrogen-bond donors (Lipinski definition) is 0. The Hall–Kier alpha value is -2.64. The minimum absolute atomic E-state index is 0.0957. The van der Waals surface area contributed by atoms with Crippen LogP contribution in [0.15, 0.2) is 54.6 Å². The zero-order valence-electron chi connectivity index (χ0n) is 13.8. The lowest BCUT2D eigenvalue weighted by molar-refractivity contribution is 0.111. The van der Waals surface area contributed by atoms with Crippen LogP contribution in [0.25, 0.3) is 0 Å². The predicted molar refractivity (Wildman–Crippen MR) is 99.9 cm³/mol. The summed E-state index contributed by atoms with van der Waals surface area (Å²) < 4.78 is 5.24. The lowest BCUT2D eigenvalue weighted by Gasteiger charge is -2.35. The molecule has 0 bridgehead atoms. The van der Waals surface area contributed by atoms with Gasteiger partial charge in [-0.05, 0) is 24.3 Å². The zero-order valence-corrected chi connectivity index (χ0v) is 14.6. The minimum atomic E-state index is -0.318. The maximum Gasteiger partial charge on any atom is 0.410 e. The number of carbonyl (C=O) groups excluding carboxylic acids is 1. The Kier molecular flexibility index (Phi) is 5.81. The van der Waals surface area contributed by atoms with Crippen LogP contribution in [0.1, 0.15) is 5.56 Å². The molecule has 128 valence electrons. The summed E-state index contributed by atoms with van der Waals surface area (Å²) in [6.45, 7) is 2.77. The summed E-state index contributed by atoms with van der Waals surface area (Å²) in [5.41, 5.74) is 1.91. The van der Waals surface area contributed by atoms with Crippen molar-refractivity contribution in [1.82, 2.24) is 4.90 Å². The first-order chi connectivity index (χ1) is 12.2. The minimum Gasteiger partial charge on any atom is -0.436 e. The number of piperazine rings is 1. The highest BCUT2D eigenvalue weighted by molar-refractivity contribution is 6.33. The molecule has 0 radical (unpaired) electrons. The van der Waals surface area contributed by atoms with Crippen LogP contribution in [0.2, 0.25) is 5.02 Å². The van der Waals surface area contributed by atoms with Crippen LogP contribution in [0.4, 0.5) is 10.5 Å². The topological polar surface area (TPSA) is 32.8 Å². The summed E-state index contributed by atoms with van der Waals surface area (Å²) in [6, 6.07) is 17.4. The second-order valence-electron chi connectivity index (χ2n) is 5.65. The molecular weight excluding hydrogens is 336 g/mol. The first-order valence-electron chi connectivity index (χ1n) is 8.19. The molecule has 1 heterocycles. The van der Waals surface area contributed by atoms with E-state index in [4.69, 9.17) is 16.3 Å². The summed E-state index contributed by atoms with van der Waals surface area (Å²) in [5.74, 6) is 5.84. The number of benzene rings is 2. The van der Waals surface area contributed by atoms with E-state index in [1.807, 2.05) is 54.6 Å². The third-order valence-corrected chi connectivity index (χ3v) is 4.32. The average Bonchev–Trinajstić information content (AvgIpc) is 2.66. The van der Waals surface area contributed by atoms with Gasteiger partial charge in [0.1, 0.15) is 0 Å². The van der Waals surface area contributed by atoms with E-state index in [9.17, 15) is 4.79 Å². The summed E-state index contributed by atoms with van der Waals surface area (Å²) in [4.78, 5) is 16.0. The van der Waals surface area contributed by atoms with E-state index in [0.717, 1.165) is 29.4 Å². The number of anilines is 1. The first-order valence-corrected chi connectivity index (χ1v) is 8.57. The molecule has 0 aliphatic carbocycles. The van der Waals surface area contributed by atoms with E-state index in [1.54, 1.807) is 4.90 Å². The van der Waals surface area contributed by atoms with E-state index in [0.29, 0.717) is 13.1 Å². The van der Waals surface area contributed by atoms with Crippen LogP contribution in [-0.2, 0) is 4.74 Å². The fourth-order valence-electron chi connectivity index (χ4n) is 2.69. The molecular formula is C20H19ClN2O2. The molecule has 0 unspecified atom stereocenters. The zero-order chi connectivity index (χ0) is 17.5. The molecule has 4 nitrogen and oxygen atoms in total. The maximum atomic E-state index is 12.1. The molecule has 0 aromatic heterocycles. The van der Waals surface area contributed by atoms with Gasteiger partial charge in [-0.25, -0.2) is 4.79 Å². The van der Waals surface area contributed by atoms with Crippen molar-refractivity contribution in [2.24, 2.45) is 0 Å². The van der Waals surface area contributed by atoms with Gasteiger partial charge in [0.15, 0.2) is 6.61 Å². The molecule has 1 amide bonds. The number of nitrogens with zero attached hydrogens (tertiary/aromatic N) is 2. The highest BCUT2D eigenvalue weighted by Gasteiger charge is 2.22. The van der Waals surface area contributed by atoms with Crippen LogP contribution < -0.4 is 4.90 Å². The van der Waals surface area contributed by atoms with Crippen molar-refractivity contribution < 1.29 is 9.53 Å². The van der Waals surface area contributed by atoms with Gasteiger partial charge in [0.25, 0.3) is 0 Å². The highest BCUT2D eigenvalue weighted by Crippen LogP contribution is 2.26. The third kappa shape index (κ3) is 4.68. The highest BCUT2D eigenvalue weighted by atomic mass is 35.5. The summed E-state index contributed by atoms with van der Waals surface area (Å²) in [7, 11) is 0. The molecule has 25 heavy (non-hydrogen) atoms. The Morgan fingerprint density at radius 2 is 1.68 bits per heavy atom. The van der Waals surface area contributed by atoms with Crippen LogP contribution in [0.3, 0.4) is 0 Å². The molecule has 3 rings (SSSR count).